The largest absolute Gasteiger partial charge is 0.353 e. The molecule has 8 nitrogen and oxygen atoms in total. The molecular weight excluding hydrogens is 399 g/mol. The average molecular weight is 424 g/mol. The van der Waals surface area contributed by atoms with E-state index in [0.29, 0.717) is 49.6 Å². The fourth-order valence-corrected chi connectivity index (χ4v) is 3.67. The second-order valence-electron chi connectivity index (χ2n) is 7.65. The van der Waals surface area contributed by atoms with Crippen molar-refractivity contribution in [1.29, 1.82) is 0 Å². The molecule has 0 spiro atoms. The Morgan fingerprint density at radius 3 is 2.52 bits per heavy atom. The van der Waals surface area contributed by atoms with E-state index in [0.717, 1.165) is 30.4 Å². The molecule has 0 unspecified atom stereocenters. The van der Waals surface area contributed by atoms with Gasteiger partial charge in [-0.25, -0.2) is 14.4 Å². The number of anilines is 1. The molecule has 31 heavy (non-hydrogen) atoms. The predicted octanol–water partition coefficient (Wildman–Crippen LogP) is 2.95. The normalized spacial score (nSPS) is 14.2. The quantitative estimate of drug-likeness (QED) is 0.601. The van der Waals surface area contributed by atoms with Crippen molar-refractivity contribution in [3.8, 4) is 11.4 Å². The molecule has 9 heteroatoms. The predicted molar refractivity (Wildman–Crippen MR) is 113 cm³/mol. The Bertz CT molecular complexity index is 1020. The van der Waals surface area contributed by atoms with Crippen LogP contribution in [0.4, 0.5) is 10.2 Å². The van der Waals surface area contributed by atoms with Crippen LogP contribution in [0, 0.1) is 19.7 Å². The summed E-state index contributed by atoms with van der Waals surface area (Å²) >= 11 is 0. The summed E-state index contributed by atoms with van der Waals surface area (Å²) in [5, 5.41) is 3.93. The second-order valence-corrected chi connectivity index (χ2v) is 7.65. The van der Waals surface area contributed by atoms with Crippen molar-refractivity contribution in [3.05, 3.63) is 53.6 Å². The third-order valence-corrected chi connectivity index (χ3v) is 5.26. The average Bonchev–Trinajstić information content (AvgIpc) is 3.22. The van der Waals surface area contributed by atoms with Crippen molar-refractivity contribution in [2.24, 2.45) is 0 Å². The highest BCUT2D eigenvalue weighted by Gasteiger charge is 2.22. The number of carbonyl (C=O) groups is 1. The van der Waals surface area contributed by atoms with Crippen molar-refractivity contribution >= 4 is 11.7 Å². The number of rotatable bonds is 6. The number of hydrogen-bond acceptors (Lipinski definition) is 7. The van der Waals surface area contributed by atoms with Crippen LogP contribution in [0.25, 0.3) is 11.4 Å². The van der Waals surface area contributed by atoms with Crippen LogP contribution >= 0.6 is 0 Å². The van der Waals surface area contributed by atoms with Crippen molar-refractivity contribution in [2.45, 2.75) is 33.1 Å². The highest BCUT2D eigenvalue weighted by Crippen LogP contribution is 2.18. The van der Waals surface area contributed by atoms with Crippen molar-refractivity contribution in [3.63, 3.8) is 0 Å². The number of piperazine rings is 1. The molecule has 1 aromatic carbocycles. The van der Waals surface area contributed by atoms with Crippen LogP contribution in [-0.4, -0.2) is 57.1 Å². The fourth-order valence-electron chi connectivity index (χ4n) is 3.67. The minimum Gasteiger partial charge on any atom is -0.353 e. The van der Waals surface area contributed by atoms with Gasteiger partial charge in [-0.05, 0) is 44.5 Å². The molecule has 3 heterocycles. The van der Waals surface area contributed by atoms with Gasteiger partial charge in [0.05, 0.1) is 0 Å². The number of amides is 1. The molecule has 0 radical (unpaired) electrons. The molecule has 2 aromatic heterocycles. The lowest BCUT2D eigenvalue weighted by Gasteiger charge is -2.35. The molecule has 1 fully saturated rings. The molecule has 0 atom stereocenters. The van der Waals surface area contributed by atoms with E-state index in [1.165, 1.54) is 12.1 Å². The number of halogens is 1. The summed E-state index contributed by atoms with van der Waals surface area (Å²) in [4.78, 5) is 29.8. The molecule has 1 aliphatic heterocycles. The van der Waals surface area contributed by atoms with Gasteiger partial charge in [0.15, 0.2) is 0 Å². The smallest absolute Gasteiger partial charge is 0.226 e. The summed E-state index contributed by atoms with van der Waals surface area (Å²) in [7, 11) is 0. The number of aromatic nitrogens is 4. The van der Waals surface area contributed by atoms with E-state index in [-0.39, 0.29) is 11.7 Å². The standard InChI is InChI=1S/C22H25FN6O2/c1-15-14-19(25-16(2)24-15)28-10-12-29(13-11-28)21(30)5-3-4-20-26-22(27-31-20)17-6-8-18(23)9-7-17/h6-9,14H,3-5,10-13H2,1-2H3. The topological polar surface area (TPSA) is 88.2 Å². The van der Waals surface area contributed by atoms with Gasteiger partial charge < -0.3 is 14.3 Å². The SMILES string of the molecule is Cc1cc(N2CCN(C(=O)CCCc3nc(-c4ccc(F)cc4)no3)CC2)nc(C)n1. The summed E-state index contributed by atoms with van der Waals surface area (Å²) in [6.45, 7) is 6.72. The number of hydrogen-bond donors (Lipinski definition) is 0. The Morgan fingerprint density at radius 2 is 1.81 bits per heavy atom. The van der Waals surface area contributed by atoms with Crippen molar-refractivity contribution < 1.29 is 13.7 Å². The second kappa shape index (κ2) is 9.20. The van der Waals surface area contributed by atoms with Gasteiger partial charge in [-0.3, -0.25) is 4.79 Å². The first-order chi connectivity index (χ1) is 15.0. The summed E-state index contributed by atoms with van der Waals surface area (Å²) in [6.07, 6.45) is 1.59. The Balaban J connectivity index is 1.23. The molecular formula is C22H25FN6O2. The lowest BCUT2D eigenvalue weighted by atomic mass is 10.2. The first kappa shape index (κ1) is 20.9. The van der Waals surface area contributed by atoms with E-state index in [4.69, 9.17) is 4.52 Å². The third-order valence-electron chi connectivity index (χ3n) is 5.26. The molecule has 0 N–H and O–H groups in total. The van der Waals surface area contributed by atoms with Crippen LogP contribution in [0.5, 0.6) is 0 Å². The molecule has 162 valence electrons. The summed E-state index contributed by atoms with van der Waals surface area (Å²) in [5.74, 6) is 2.41. The lowest BCUT2D eigenvalue weighted by Crippen LogP contribution is -2.49. The lowest BCUT2D eigenvalue weighted by molar-refractivity contribution is -0.131. The van der Waals surface area contributed by atoms with E-state index in [9.17, 15) is 9.18 Å². The number of carbonyl (C=O) groups excluding carboxylic acids is 1. The zero-order chi connectivity index (χ0) is 21.8. The summed E-state index contributed by atoms with van der Waals surface area (Å²) < 4.78 is 18.3. The van der Waals surface area contributed by atoms with Crippen LogP contribution in [0.15, 0.2) is 34.9 Å². The minimum atomic E-state index is -0.311. The maximum atomic E-state index is 13.0. The Labute approximate surface area is 180 Å². The van der Waals surface area contributed by atoms with E-state index in [1.54, 1.807) is 12.1 Å². The van der Waals surface area contributed by atoms with Crippen LogP contribution in [-0.2, 0) is 11.2 Å². The minimum absolute atomic E-state index is 0.132. The molecule has 0 bridgehead atoms. The van der Waals surface area contributed by atoms with Crippen LogP contribution in [0.1, 0.15) is 30.3 Å². The van der Waals surface area contributed by atoms with Crippen molar-refractivity contribution in [1.82, 2.24) is 25.0 Å². The van der Waals surface area contributed by atoms with E-state index in [1.807, 2.05) is 24.8 Å². The Morgan fingerprint density at radius 1 is 1.06 bits per heavy atom. The van der Waals surface area contributed by atoms with Gasteiger partial charge >= 0.3 is 0 Å². The van der Waals surface area contributed by atoms with Gasteiger partial charge in [0, 0.05) is 56.3 Å². The van der Waals surface area contributed by atoms with Crippen LogP contribution in [0.3, 0.4) is 0 Å². The first-order valence-corrected chi connectivity index (χ1v) is 10.4. The third kappa shape index (κ3) is 5.22. The van der Waals surface area contributed by atoms with Gasteiger partial charge in [-0.1, -0.05) is 5.16 Å². The Kier molecular flexibility index (Phi) is 6.20. The molecule has 3 aromatic rings. The molecule has 1 saturated heterocycles. The van der Waals surface area contributed by atoms with Gasteiger partial charge in [0.25, 0.3) is 0 Å². The summed E-state index contributed by atoms with van der Waals surface area (Å²) in [6, 6.07) is 7.91. The first-order valence-electron chi connectivity index (χ1n) is 10.4. The zero-order valence-corrected chi connectivity index (χ0v) is 17.7. The molecule has 1 amide bonds. The molecule has 0 aliphatic carbocycles. The highest BCUT2D eigenvalue weighted by molar-refractivity contribution is 5.76. The molecule has 1 aliphatic rings. The summed E-state index contributed by atoms with van der Waals surface area (Å²) in [5.41, 5.74) is 1.64. The molecule has 0 saturated carbocycles. The van der Waals surface area contributed by atoms with Gasteiger partial charge in [0.1, 0.15) is 17.5 Å². The molecule has 4 rings (SSSR count). The fraction of sp³-hybridized carbons (Fsp3) is 0.409. The number of aryl methyl sites for hydroxylation is 3. The van der Waals surface area contributed by atoms with E-state index < -0.39 is 0 Å². The van der Waals surface area contributed by atoms with Crippen LogP contribution in [0.2, 0.25) is 0 Å². The zero-order valence-electron chi connectivity index (χ0n) is 17.7. The van der Waals surface area contributed by atoms with E-state index in [2.05, 4.69) is 25.0 Å². The maximum absolute atomic E-state index is 13.0. The monoisotopic (exact) mass is 424 g/mol. The number of benzene rings is 1. The van der Waals surface area contributed by atoms with Crippen LogP contribution < -0.4 is 4.90 Å². The van der Waals surface area contributed by atoms with Crippen molar-refractivity contribution in [2.75, 3.05) is 31.1 Å². The van der Waals surface area contributed by atoms with Gasteiger partial charge in [-0.2, -0.15) is 4.98 Å². The number of nitrogens with zero attached hydrogens (tertiary/aromatic N) is 6. The Hall–Kier alpha value is -3.36. The maximum Gasteiger partial charge on any atom is 0.226 e. The van der Waals surface area contributed by atoms with E-state index >= 15 is 0 Å². The highest BCUT2D eigenvalue weighted by atomic mass is 19.1. The van der Waals surface area contributed by atoms with Gasteiger partial charge in [-0.15, -0.1) is 0 Å². The van der Waals surface area contributed by atoms with Gasteiger partial charge in [0.2, 0.25) is 17.6 Å².